The first-order valence-electron chi connectivity index (χ1n) is 22.9. The van der Waals surface area contributed by atoms with E-state index in [-0.39, 0.29) is 37.9 Å². The number of carboxylic acid groups (broad SMARTS) is 6. The van der Waals surface area contributed by atoms with Gasteiger partial charge in [-0.05, 0) is 51.9 Å². The molecule has 0 saturated heterocycles. The Morgan fingerprint density at radius 3 is 0.687 bits per heavy atom. The van der Waals surface area contributed by atoms with E-state index >= 15 is 0 Å². The molecule has 0 aliphatic heterocycles. The lowest BCUT2D eigenvalue weighted by atomic mass is 10.0. The molecule has 0 aromatic rings. The monoisotopic (exact) mass is 957 g/mol. The fourth-order valence-corrected chi connectivity index (χ4v) is 6.75. The zero-order valence-electron chi connectivity index (χ0n) is 38.4. The van der Waals surface area contributed by atoms with Gasteiger partial charge in [0.05, 0.1) is 0 Å². The first-order valence-corrected chi connectivity index (χ1v) is 22.9. The number of ketones is 1. The Hall–Kier alpha value is -6.16. The van der Waals surface area contributed by atoms with E-state index in [4.69, 9.17) is 5.11 Å². The van der Waals surface area contributed by atoms with Gasteiger partial charge in [0.25, 0.3) is 0 Å². The minimum Gasteiger partial charge on any atom is -0.481 e. The van der Waals surface area contributed by atoms with Gasteiger partial charge in [-0.2, -0.15) is 0 Å². The highest BCUT2D eigenvalue weighted by Gasteiger charge is 2.28. The highest BCUT2D eigenvalue weighted by molar-refractivity contribution is 5.89. The highest BCUT2D eigenvalue weighted by atomic mass is 16.4. The van der Waals surface area contributed by atoms with E-state index in [0.717, 1.165) is 77.0 Å². The third-order valence-electron chi connectivity index (χ3n) is 10.6. The number of rotatable bonds is 42. The summed E-state index contributed by atoms with van der Waals surface area (Å²) >= 11 is 0. The zero-order chi connectivity index (χ0) is 50.7. The molecule has 0 aromatic heterocycles. The first-order chi connectivity index (χ1) is 31.6. The van der Waals surface area contributed by atoms with Gasteiger partial charge in [0, 0.05) is 44.9 Å². The van der Waals surface area contributed by atoms with Crippen LogP contribution in [0, 0.1) is 0 Å². The molecule has 0 aromatic carbocycles. The van der Waals surface area contributed by atoms with Crippen molar-refractivity contribution in [2.75, 3.05) is 0 Å². The van der Waals surface area contributed by atoms with Gasteiger partial charge < -0.3 is 62.0 Å². The molecular formula is C44H71N5O18. The number of hydrogen-bond donors (Lipinski definition) is 11. The number of nitrogens with one attached hydrogen (secondary N) is 5. The minimum absolute atomic E-state index is 0.0863. The summed E-state index contributed by atoms with van der Waals surface area (Å²) in [6, 6.07) is -7.80. The van der Waals surface area contributed by atoms with Crippen molar-refractivity contribution in [2.24, 2.45) is 0 Å². The second-order valence-electron chi connectivity index (χ2n) is 16.5. The topological polar surface area (TPSA) is 386 Å². The number of carboxylic acids is 6. The summed E-state index contributed by atoms with van der Waals surface area (Å²) in [5.74, 6) is -12.7. The predicted octanol–water partition coefficient (Wildman–Crippen LogP) is 2.65. The normalized spacial score (nSPS) is 13.1. The molecule has 0 spiro atoms. The number of amides is 5. The molecule has 0 fully saturated rings. The van der Waals surface area contributed by atoms with Crippen LogP contribution in [0.1, 0.15) is 174 Å². The maximum absolute atomic E-state index is 12.6. The van der Waals surface area contributed by atoms with Gasteiger partial charge in [-0.1, -0.05) is 77.0 Å². The lowest BCUT2D eigenvalue weighted by Gasteiger charge is -2.19. The van der Waals surface area contributed by atoms with E-state index in [2.05, 4.69) is 26.6 Å². The zero-order valence-corrected chi connectivity index (χ0v) is 38.4. The molecule has 0 rings (SSSR count). The predicted molar refractivity (Wildman–Crippen MR) is 236 cm³/mol. The molecule has 5 amide bonds. The van der Waals surface area contributed by atoms with Crippen molar-refractivity contribution in [3.05, 3.63) is 0 Å². The number of carbonyl (C=O) groups excluding carboxylic acids is 6. The van der Waals surface area contributed by atoms with Crippen molar-refractivity contribution in [3.8, 4) is 0 Å². The van der Waals surface area contributed by atoms with Crippen LogP contribution in [-0.4, -0.2) is 132 Å². The molecule has 0 aliphatic rings. The summed E-state index contributed by atoms with van der Waals surface area (Å²) in [6.07, 6.45) is 9.82. The molecule has 23 heteroatoms. The summed E-state index contributed by atoms with van der Waals surface area (Å²) in [5.41, 5.74) is 0. The number of aliphatic carboxylic acids is 6. The minimum atomic E-state index is -1.69. The van der Waals surface area contributed by atoms with Crippen LogP contribution in [0.3, 0.4) is 0 Å². The molecule has 0 radical (unpaired) electrons. The molecule has 0 bridgehead atoms. The SMILES string of the molecule is CC(=O)CC[C@H](NC(=O)CC[C@H](NC(=O)CC[C@H](NC(=O)CC[C@H](NC(=O)CC[C@H](NC(=O)CCCCCCCCCCCCCCCCC(=O)O)C(=O)O)C(=O)O)C(=O)O)C(=O)O)C(=O)O. The van der Waals surface area contributed by atoms with E-state index in [0.29, 0.717) is 6.42 Å². The maximum atomic E-state index is 12.6. The molecule has 380 valence electrons. The molecule has 11 N–H and O–H groups in total. The van der Waals surface area contributed by atoms with Crippen LogP contribution in [0.5, 0.6) is 0 Å². The van der Waals surface area contributed by atoms with Crippen LogP contribution in [0.25, 0.3) is 0 Å². The fourth-order valence-electron chi connectivity index (χ4n) is 6.75. The van der Waals surface area contributed by atoms with E-state index in [1.165, 1.54) is 13.3 Å². The van der Waals surface area contributed by atoms with E-state index in [1.54, 1.807) is 0 Å². The number of Topliss-reactive ketones (excluding diaryl/α,β-unsaturated/α-hetero) is 1. The Bertz CT molecular complexity index is 1660. The lowest BCUT2D eigenvalue weighted by Crippen LogP contribution is -2.46. The maximum Gasteiger partial charge on any atom is 0.326 e. The van der Waals surface area contributed by atoms with Crippen molar-refractivity contribution in [2.45, 2.75) is 204 Å². The number of hydrogen-bond acceptors (Lipinski definition) is 12. The van der Waals surface area contributed by atoms with Gasteiger partial charge in [0.1, 0.15) is 36.0 Å². The van der Waals surface area contributed by atoms with Crippen LogP contribution < -0.4 is 26.6 Å². The van der Waals surface area contributed by atoms with Crippen molar-refractivity contribution < 1.29 is 88.2 Å². The molecule has 5 atom stereocenters. The fraction of sp³-hybridized carbons (Fsp3) is 0.727. The summed E-state index contributed by atoms with van der Waals surface area (Å²) in [6.45, 7) is 1.24. The van der Waals surface area contributed by atoms with Crippen LogP contribution in [-0.2, 0) is 57.5 Å². The lowest BCUT2D eigenvalue weighted by molar-refractivity contribution is -0.144. The average Bonchev–Trinajstić information content (AvgIpc) is 3.24. The number of unbranched alkanes of at least 4 members (excludes halogenated alkanes) is 13. The molecule has 0 unspecified atom stereocenters. The third-order valence-corrected chi connectivity index (χ3v) is 10.6. The quantitative estimate of drug-likeness (QED) is 0.0392. The van der Waals surface area contributed by atoms with Crippen LogP contribution >= 0.6 is 0 Å². The van der Waals surface area contributed by atoms with E-state index in [9.17, 15) is 83.1 Å². The summed E-state index contributed by atoms with van der Waals surface area (Å²) in [5, 5.41) is 67.1. The van der Waals surface area contributed by atoms with Crippen molar-refractivity contribution >= 4 is 71.1 Å². The Morgan fingerprint density at radius 2 is 0.478 bits per heavy atom. The Morgan fingerprint density at radius 1 is 0.284 bits per heavy atom. The van der Waals surface area contributed by atoms with Gasteiger partial charge in [-0.3, -0.25) is 28.8 Å². The van der Waals surface area contributed by atoms with Crippen molar-refractivity contribution in [1.29, 1.82) is 0 Å². The van der Waals surface area contributed by atoms with Crippen molar-refractivity contribution in [1.82, 2.24) is 26.6 Å². The van der Waals surface area contributed by atoms with E-state index in [1.807, 2.05) is 0 Å². The smallest absolute Gasteiger partial charge is 0.326 e. The van der Waals surface area contributed by atoms with E-state index < -0.39 is 141 Å². The third kappa shape index (κ3) is 33.0. The van der Waals surface area contributed by atoms with Gasteiger partial charge in [0.15, 0.2) is 0 Å². The second-order valence-corrected chi connectivity index (χ2v) is 16.5. The van der Waals surface area contributed by atoms with Gasteiger partial charge in [0.2, 0.25) is 29.5 Å². The summed E-state index contributed by atoms with van der Waals surface area (Å²) in [4.78, 5) is 143. The number of carbonyl (C=O) groups is 12. The van der Waals surface area contributed by atoms with Crippen LogP contribution in [0.2, 0.25) is 0 Å². The van der Waals surface area contributed by atoms with Crippen molar-refractivity contribution in [3.63, 3.8) is 0 Å². The molecule has 67 heavy (non-hydrogen) atoms. The highest BCUT2D eigenvalue weighted by Crippen LogP contribution is 2.14. The largest absolute Gasteiger partial charge is 0.481 e. The summed E-state index contributed by atoms with van der Waals surface area (Å²) < 4.78 is 0. The Balaban J connectivity index is 4.66. The van der Waals surface area contributed by atoms with Gasteiger partial charge in [-0.25, -0.2) is 24.0 Å². The summed E-state index contributed by atoms with van der Waals surface area (Å²) in [7, 11) is 0. The average molecular weight is 958 g/mol. The van der Waals surface area contributed by atoms with Crippen LogP contribution in [0.4, 0.5) is 0 Å². The Kier molecular flexibility index (Phi) is 32.7. The van der Waals surface area contributed by atoms with Crippen LogP contribution in [0.15, 0.2) is 0 Å². The standard InChI is InChI=1S/C44H71N5O18/c1-28(50)18-19-29(40(58)59)46-35(52)25-21-31(42(62)63)48-37(54)27-23-33(44(66)67)49-38(55)26-22-32(43(64)65)47-36(53)24-20-30(41(60)61)45-34(51)16-14-12-10-8-6-4-2-3-5-7-9-11-13-15-17-39(56)57/h29-33H,2-27H2,1H3,(H,45,51)(H,46,52)(H,47,53)(H,48,54)(H,49,55)(H,56,57)(H,58,59)(H,60,61)(H,62,63)(H,64,65)(H,66,67)/t29-,30-,31-,32-,33-/m0/s1. The van der Waals surface area contributed by atoms with Gasteiger partial charge in [-0.15, -0.1) is 0 Å². The molecule has 0 heterocycles. The van der Waals surface area contributed by atoms with Gasteiger partial charge >= 0.3 is 35.8 Å². The molecule has 23 nitrogen and oxygen atoms in total. The molecule has 0 saturated carbocycles. The molecule has 0 aliphatic carbocycles. The first kappa shape index (κ1) is 60.8. The molecular weight excluding hydrogens is 887 g/mol. The second kappa shape index (κ2) is 36.0. The Labute approximate surface area is 389 Å².